The van der Waals surface area contributed by atoms with E-state index in [4.69, 9.17) is 4.43 Å². The third-order valence-electron chi connectivity index (χ3n) is 3.88. The molecule has 1 rings (SSSR count). The number of rotatable bonds is 5. The first-order chi connectivity index (χ1) is 8.84. The molecule has 1 atom stereocenters. The molecule has 1 heterocycles. The van der Waals surface area contributed by atoms with Crippen LogP contribution in [0.4, 0.5) is 0 Å². The summed E-state index contributed by atoms with van der Waals surface area (Å²) in [6, 6.07) is 3.58. The molecule has 0 aromatic carbocycles. The molecule has 5 heteroatoms. The van der Waals surface area contributed by atoms with Gasteiger partial charge in [-0.25, -0.2) is 4.79 Å². The molecule has 0 saturated heterocycles. The third kappa shape index (κ3) is 3.42. The van der Waals surface area contributed by atoms with Crippen LogP contribution in [-0.2, 0) is 9.16 Å². The summed E-state index contributed by atoms with van der Waals surface area (Å²) in [5.74, 6) is 0.0963. The van der Waals surface area contributed by atoms with E-state index >= 15 is 0 Å². The van der Waals surface area contributed by atoms with E-state index in [0.717, 1.165) is 5.69 Å². The van der Waals surface area contributed by atoms with Gasteiger partial charge in [-0.15, -0.1) is 0 Å². The van der Waals surface area contributed by atoms with Crippen LogP contribution in [0.5, 0.6) is 0 Å². The molecule has 1 aromatic rings. The maximum atomic E-state index is 11.4. The molecule has 0 saturated carbocycles. The van der Waals surface area contributed by atoms with E-state index in [1.54, 1.807) is 12.3 Å². The van der Waals surface area contributed by atoms with E-state index < -0.39 is 0 Å². The lowest BCUT2D eigenvalue weighted by atomic mass is 9.75. The topological polar surface area (TPSA) is 48.4 Å². The molecule has 1 unspecified atom stereocenters. The molecule has 19 heavy (non-hydrogen) atoms. The lowest BCUT2D eigenvalue weighted by Crippen LogP contribution is -2.30. The van der Waals surface area contributed by atoms with Gasteiger partial charge in [-0.3, -0.25) is 4.98 Å². The summed E-state index contributed by atoms with van der Waals surface area (Å²) in [5.41, 5.74) is 1.31. The zero-order valence-electron chi connectivity index (χ0n) is 12.6. The van der Waals surface area contributed by atoms with Crippen molar-refractivity contribution in [3.8, 4) is 0 Å². The second-order valence-electron chi connectivity index (χ2n) is 5.56. The van der Waals surface area contributed by atoms with Crippen LogP contribution in [0.15, 0.2) is 18.3 Å². The average molecular weight is 281 g/mol. The van der Waals surface area contributed by atoms with Gasteiger partial charge in [0.25, 0.3) is 0 Å². The molecule has 0 radical (unpaired) electrons. The zero-order chi connectivity index (χ0) is 14.6. The Bertz CT molecular complexity index is 429. The Kier molecular flexibility index (Phi) is 5.26. The van der Waals surface area contributed by atoms with Gasteiger partial charge in [-0.2, -0.15) is 0 Å². The summed E-state index contributed by atoms with van der Waals surface area (Å²) in [6.07, 6.45) is 1.50. The summed E-state index contributed by atoms with van der Waals surface area (Å²) in [7, 11) is 2.01. The number of aromatic nitrogens is 1. The van der Waals surface area contributed by atoms with Crippen molar-refractivity contribution in [2.75, 3.05) is 7.11 Å². The molecule has 106 valence electrons. The second kappa shape index (κ2) is 6.30. The minimum absolute atomic E-state index is 0.0124. The Balaban J connectivity index is 3.04. The van der Waals surface area contributed by atoms with Crippen molar-refractivity contribution in [3.05, 3.63) is 29.6 Å². The highest BCUT2D eigenvalue weighted by Crippen LogP contribution is 2.41. The maximum absolute atomic E-state index is 11.4. The van der Waals surface area contributed by atoms with Crippen LogP contribution >= 0.6 is 0 Å². The molecule has 0 aliphatic heterocycles. The van der Waals surface area contributed by atoms with Crippen LogP contribution < -0.4 is 0 Å². The normalized spacial score (nSPS) is 13.6. The zero-order valence-corrected chi connectivity index (χ0v) is 14.6. The quantitative estimate of drug-likeness (QED) is 0.611. The van der Waals surface area contributed by atoms with E-state index in [2.05, 4.69) is 37.4 Å². The standard InChI is InChI=1S/C14H23NO3Si/c1-9(2)14(3,4)12(18-19)11-7-6-10(8-15-11)13(16)17-5/h6-9,12H,1-5,19H3. The predicted molar refractivity (Wildman–Crippen MR) is 78.0 cm³/mol. The van der Waals surface area contributed by atoms with E-state index in [9.17, 15) is 4.79 Å². The third-order valence-corrected chi connectivity index (χ3v) is 4.35. The average Bonchev–Trinajstić information content (AvgIpc) is 2.39. The summed E-state index contributed by atoms with van der Waals surface area (Å²) in [5, 5.41) is 0. The molecule has 0 amide bonds. The van der Waals surface area contributed by atoms with Gasteiger partial charge in [0.15, 0.2) is 0 Å². The van der Waals surface area contributed by atoms with Crippen LogP contribution in [0.1, 0.15) is 49.9 Å². The van der Waals surface area contributed by atoms with Crippen LogP contribution in [0.2, 0.25) is 0 Å². The molecule has 0 spiro atoms. The number of carbonyl (C=O) groups excluding carboxylic acids is 1. The monoisotopic (exact) mass is 281 g/mol. The van der Waals surface area contributed by atoms with Gasteiger partial charge in [0.2, 0.25) is 0 Å². The molecule has 0 N–H and O–H groups in total. The van der Waals surface area contributed by atoms with Crippen molar-refractivity contribution in [2.24, 2.45) is 11.3 Å². The van der Waals surface area contributed by atoms with Crippen molar-refractivity contribution in [3.63, 3.8) is 0 Å². The fourth-order valence-corrected chi connectivity index (χ4v) is 2.76. The van der Waals surface area contributed by atoms with Crippen LogP contribution in [-0.4, -0.2) is 28.5 Å². The van der Waals surface area contributed by atoms with Gasteiger partial charge < -0.3 is 9.16 Å². The summed E-state index contributed by atoms with van der Waals surface area (Å²) >= 11 is 0. The van der Waals surface area contributed by atoms with Gasteiger partial charge in [-0.1, -0.05) is 27.7 Å². The largest absolute Gasteiger partial charge is 0.465 e. The number of pyridine rings is 1. The summed E-state index contributed by atoms with van der Waals surface area (Å²) < 4.78 is 10.4. The van der Waals surface area contributed by atoms with Gasteiger partial charge in [-0.05, 0) is 23.5 Å². The lowest BCUT2D eigenvalue weighted by molar-refractivity contribution is 0.0398. The summed E-state index contributed by atoms with van der Waals surface area (Å²) in [4.78, 5) is 15.7. The maximum Gasteiger partial charge on any atom is 0.339 e. The van der Waals surface area contributed by atoms with Crippen molar-refractivity contribution >= 4 is 16.5 Å². The van der Waals surface area contributed by atoms with Gasteiger partial charge in [0.1, 0.15) is 10.5 Å². The van der Waals surface area contributed by atoms with Crippen LogP contribution in [0.25, 0.3) is 0 Å². The van der Waals surface area contributed by atoms with E-state index in [1.165, 1.54) is 7.11 Å². The van der Waals surface area contributed by atoms with Crippen molar-refractivity contribution in [1.82, 2.24) is 4.98 Å². The number of ether oxygens (including phenoxy) is 1. The molecule has 0 aliphatic carbocycles. The fourth-order valence-electron chi connectivity index (χ4n) is 1.91. The van der Waals surface area contributed by atoms with Crippen molar-refractivity contribution < 1.29 is 14.0 Å². The van der Waals surface area contributed by atoms with Crippen LogP contribution in [0, 0.1) is 11.3 Å². The molecule has 0 fully saturated rings. The highest BCUT2D eigenvalue weighted by molar-refractivity contribution is 5.98. The Morgan fingerprint density at radius 1 is 1.37 bits per heavy atom. The number of carbonyl (C=O) groups is 1. The van der Waals surface area contributed by atoms with Crippen molar-refractivity contribution in [1.29, 1.82) is 0 Å². The second-order valence-corrected chi connectivity index (χ2v) is 6.03. The van der Waals surface area contributed by atoms with Crippen LogP contribution in [0.3, 0.4) is 0 Å². The number of hydrogen-bond donors (Lipinski definition) is 0. The Hall–Kier alpha value is -1.20. The van der Waals surface area contributed by atoms with Gasteiger partial charge >= 0.3 is 5.97 Å². The van der Waals surface area contributed by atoms with Crippen molar-refractivity contribution in [2.45, 2.75) is 33.8 Å². The SMILES string of the molecule is COC(=O)c1ccc(C(O[SiH3])C(C)(C)C(C)C)nc1. The Morgan fingerprint density at radius 2 is 2.00 bits per heavy atom. The predicted octanol–water partition coefficient (Wildman–Crippen LogP) is 1.89. The molecular weight excluding hydrogens is 258 g/mol. The van der Waals surface area contributed by atoms with E-state index in [1.807, 2.05) is 6.07 Å². The minimum Gasteiger partial charge on any atom is -0.465 e. The molecule has 0 aliphatic rings. The van der Waals surface area contributed by atoms with Gasteiger partial charge in [0.05, 0.1) is 24.5 Å². The number of hydrogen-bond acceptors (Lipinski definition) is 4. The number of esters is 1. The highest BCUT2D eigenvalue weighted by atomic mass is 28.2. The molecule has 4 nitrogen and oxygen atoms in total. The first kappa shape index (κ1) is 15.9. The summed E-state index contributed by atoms with van der Waals surface area (Å²) in [6.45, 7) is 8.71. The lowest BCUT2D eigenvalue weighted by Gasteiger charge is -2.37. The molecular formula is C14H23NO3Si. The first-order valence-corrected chi connectivity index (χ1v) is 7.23. The number of nitrogens with zero attached hydrogens (tertiary/aromatic N) is 1. The van der Waals surface area contributed by atoms with E-state index in [0.29, 0.717) is 22.0 Å². The van der Waals surface area contributed by atoms with Gasteiger partial charge in [0, 0.05) is 6.20 Å². The molecule has 0 bridgehead atoms. The Morgan fingerprint density at radius 3 is 2.37 bits per heavy atom. The minimum atomic E-state index is -0.370. The Labute approximate surface area is 118 Å². The first-order valence-electron chi connectivity index (χ1n) is 6.41. The fraction of sp³-hybridized carbons (Fsp3) is 0.571. The smallest absolute Gasteiger partial charge is 0.339 e. The number of methoxy groups -OCH3 is 1. The molecule has 1 aromatic heterocycles. The highest BCUT2D eigenvalue weighted by Gasteiger charge is 2.34. The van der Waals surface area contributed by atoms with E-state index in [-0.39, 0.29) is 17.5 Å².